The Morgan fingerprint density at radius 2 is 2.04 bits per heavy atom. The van der Waals surface area contributed by atoms with Crippen LogP contribution in [0.2, 0.25) is 0 Å². The van der Waals surface area contributed by atoms with Gasteiger partial charge in [0.15, 0.2) is 5.96 Å². The number of thioether (sulfide) groups is 1. The molecule has 0 aliphatic heterocycles. The van der Waals surface area contributed by atoms with Gasteiger partial charge in [0.1, 0.15) is 0 Å². The number of nitrogens with one attached hydrogen (secondary N) is 2. The van der Waals surface area contributed by atoms with Gasteiger partial charge < -0.3 is 10.6 Å². The number of thiazole rings is 1. The molecule has 0 saturated heterocycles. The largest absolute Gasteiger partial charge is 0.357 e. The Morgan fingerprint density at radius 1 is 1.28 bits per heavy atom. The van der Waals surface area contributed by atoms with Gasteiger partial charge in [-0.05, 0) is 26.0 Å². The fourth-order valence-corrected chi connectivity index (χ4v) is 3.85. The third-order valence-electron chi connectivity index (χ3n) is 3.23. The third-order valence-corrected chi connectivity index (χ3v) is 5.30. The zero-order valence-electron chi connectivity index (χ0n) is 15.0. The fourth-order valence-electron chi connectivity index (χ4n) is 2.14. The molecule has 1 aromatic heterocycles. The molecule has 7 heteroatoms. The molecule has 1 atom stereocenters. The molecule has 2 aromatic rings. The van der Waals surface area contributed by atoms with E-state index >= 15 is 0 Å². The summed E-state index contributed by atoms with van der Waals surface area (Å²) >= 11 is 3.61. The summed E-state index contributed by atoms with van der Waals surface area (Å²) in [5.74, 6) is 0.881. The van der Waals surface area contributed by atoms with Gasteiger partial charge in [-0.1, -0.05) is 25.1 Å². The predicted octanol–water partition coefficient (Wildman–Crippen LogP) is 4.35. The van der Waals surface area contributed by atoms with Crippen LogP contribution in [-0.4, -0.2) is 35.8 Å². The van der Waals surface area contributed by atoms with Crippen molar-refractivity contribution in [2.75, 3.05) is 19.6 Å². The van der Waals surface area contributed by atoms with Gasteiger partial charge in [0, 0.05) is 40.7 Å². The summed E-state index contributed by atoms with van der Waals surface area (Å²) in [6.07, 6.45) is 2.86. The highest BCUT2D eigenvalue weighted by Gasteiger charge is 2.05. The van der Waals surface area contributed by atoms with E-state index in [0.29, 0.717) is 5.25 Å². The molecule has 1 heterocycles. The number of nitrogens with zero attached hydrogens (tertiary/aromatic N) is 2. The summed E-state index contributed by atoms with van der Waals surface area (Å²) in [7, 11) is 0. The molecule has 0 aliphatic carbocycles. The standard InChI is InChI=1S/C18H26N4S2.HI/c1-4-19-18(20-11-10-17-21-12-15(3)24-17)22-13-14(2)23-16-8-6-5-7-9-16;/h5-9,12,14H,4,10-11,13H2,1-3H3,(H2,19,20,22);1H. The Hall–Kier alpha value is -0.800. The van der Waals surface area contributed by atoms with Crippen LogP contribution in [0, 0.1) is 6.92 Å². The Morgan fingerprint density at radius 3 is 2.68 bits per heavy atom. The molecule has 0 amide bonds. The second kappa shape index (κ2) is 12.5. The molecule has 0 radical (unpaired) electrons. The third kappa shape index (κ3) is 8.91. The van der Waals surface area contributed by atoms with Crippen molar-refractivity contribution in [2.24, 2.45) is 4.99 Å². The van der Waals surface area contributed by atoms with Gasteiger partial charge in [0.2, 0.25) is 0 Å². The number of hydrogen-bond acceptors (Lipinski definition) is 4. The van der Waals surface area contributed by atoms with Crippen LogP contribution in [0.15, 0.2) is 46.4 Å². The topological polar surface area (TPSA) is 49.3 Å². The number of halogens is 1. The Labute approximate surface area is 176 Å². The molecule has 0 saturated carbocycles. The maximum absolute atomic E-state index is 4.70. The summed E-state index contributed by atoms with van der Waals surface area (Å²) in [5, 5.41) is 8.30. The van der Waals surface area contributed by atoms with Crippen molar-refractivity contribution in [1.29, 1.82) is 0 Å². The summed E-state index contributed by atoms with van der Waals surface area (Å²) in [5.41, 5.74) is 0. The van der Waals surface area contributed by atoms with Crippen LogP contribution in [0.1, 0.15) is 23.7 Å². The first-order valence-electron chi connectivity index (χ1n) is 8.32. The molecule has 0 fully saturated rings. The second-order valence-electron chi connectivity index (χ2n) is 5.50. The smallest absolute Gasteiger partial charge is 0.191 e. The molecule has 0 aliphatic rings. The molecular weight excluding hydrogens is 463 g/mol. The average Bonchev–Trinajstić information content (AvgIpc) is 2.99. The second-order valence-corrected chi connectivity index (χ2v) is 8.33. The van der Waals surface area contributed by atoms with Crippen LogP contribution in [0.3, 0.4) is 0 Å². The zero-order chi connectivity index (χ0) is 17.2. The minimum atomic E-state index is 0. The molecule has 2 rings (SSSR count). The summed E-state index contributed by atoms with van der Waals surface area (Å²) in [4.78, 5) is 11.6. The first-order valence-corrected chi connectivity index (χ1v) is 10.0. The Bertz CT molecular complexity index is 631. The van der Waals surface area contributed by atoms with Crippen molar-refractivity contribution in [2.45, 2.75) is 37.3 Å². The van der Waals surface area contributed by atoms with Gasteiger partial charge in [-0.2, -0.15) is 0 Å². The molecule has 0 bridgehead atoms. The lowest BCUT2D eigenvalue weighted by atomic mass is 10.4. The highest BCUT2D eigenvalue weighted by molar-refractivity contribution is 14.0. The maximum Gasteiger partial charge on any atom is 0.191 e. The highest BCUT2D eigenvalue weighted by atomic mass is 127. The van der Waals surface area contributed by atoms with E-state index < -0.39 is 0 Å². The van der Waals surface area contributed by atoms with Gasteiger partial charge in [0.25, 0.3) is 0 Å². The van der Waals surface area contributed by atoms with Crippen molar-refractivity contribution >= 4 is 53.0 Å². The lowest BCUT2D eigenvalue weighted by Gasteiger charge is -2.13. The average molecular weight is 490 g/mol. The van der Waals surface area contributed by atoms with Crippen LogP contribution >= 0.6 is 47.1 Å². The van der Waals surface area contributed by atoms with Crippen molar-refractivity contribution in [3.63, 3.8) is 0 Å². The summed E-state index contributed by atoms with van der Waals surface area (Å²) in [6, 6.07) is 10.5. The van der Waals surface area contributed by atoms with Gasteiger partial charge >= 0.3 is 0 Å². The first-order chi connectivity index (χ1) is 11.7. The van der Waals surface area contributed by atoms with Crippen LogP contribution in [0.5, 0.6) is 0 Å². The molecule has 1 unspecified atom stereocenters. The van der Waals surface area contributed by atoms with Crippen molar-refractivity contribution in [1.82, 2.24) is 15.6 Å². The van der Waals surface area contributed by atoms with E-state index in [1.165, 1.54) is 14.8 Å². The van der Waals surface area contributed by atoms with Crippen molar-refractivity contribution in [3.8, 4) is 0 Å². The number of rotatable bonds is 8. The molecular formula is C18H27IN4S2. The van der Waals surface area contributed by atoms with Crippen LogP contribution < -0.4 is 10.6 Å². The molecule has 138 valence electrons. The number of guanidine groups is 1. The molecule has 25 heavy (non-hydrogen) atoms. The zero-order valence-corrected chi connectivity index (χ0v) is 19.0. The molecule has 2 N–H and O–H groups in total. The quantitative estimate of drug-likeness (QED) is 0.250. The summed E-state index contributed by atoms with van der Waals surface area (Å²) in [6.45, 7) is 8.88. The number of aromatic nitrogens is 1. The van der Waals surface area contributed by atoms with E-state index in [2.05, 4.69) is 60.7 Å². The molecule has 0 spiro atoms. The minimum absolute atomic E-state index is 0. The number of aryl methyl sites for hydroxylation is 1. The Kier molecular flexibility index (Phi) is 11.2. The van der Waals surface area contributed by atoms with Crippen LogP contribution in [0.4, 0.5) is 0 Å². The predicted molar refractivity (Wildman–Crippen MR) is 122 cm³/mol. The minimum Gasteiger partial charge on any atom is -0.357 e. The lowest BCUT2D eigenvalue weighted by molar-refractivity contribution is 0.793. The fraction of sp³-hybridized carbons (Fsp3) is 0.444. The maximum atomic E-state index is 4.70. The van der Waals surface area contributed by atoms with Gasteiger partial charge in [0.05, 0.1) is 11.6 Å². The van der Waals surface area contributed by atoms with E-state index in [1.807, 2.05) is 24.0 Å². The number of benzene rings is 1. The van der Waals surface area contributed by atoms with E-state index in [0.717, 1.165) is 32.0 Å². The van der Waals surface area contributed by atoms with E-state index in [1.54, 1.807) is 11.3 Å². The van der Waals surface area contributed by atoms with Crippen molar-refractivity contribution < 1.29 is 0 Å². The van der Waals surface area contributed by atoms with Gasteiger partial charge in [-0.25, -0.2) is 4.98 Å². The summed E-state index contributed by atoms with van der Waals surface area (Å²) < 4.78 is 0. The molecule has 4 nitrogen and oxygen atoms in total. The van der Waals surface area contributed by atoms with Gasteiger partial charge in [-0.3, -0.25) is 4.99 Å². The van der Waals surface area contributed by atoms with E-state index in [-0.39, 0.29) is 24.0 Å². The molecule has 1 aromatic carbocycles. The van der Waals surface area contributed by atoms with E-state index in [9.17, 15) is 0 Å². The van der Waals surface area contributed by atoms with E-state index in [4.69, 9.17) is 4.99 Å². The first kappa shape index (κ1) is 22.2. The highest BCUT2D eigenvalue weighted by Crippen LogP contribution is 2.22. The normalized spacial score (nSPS) is 12.4. The Balaban J connectivity index is 0.00000312. The van der Waals surface area contributed by atoms with Crippen molar-refractivity contribution in [3.05, 3.63) is 46.4 Å². The SMILES string of the molecule is CCNC(=NCC(C)Sc1ccccc1)NCCc1ncc(C)s1.I. The van der Waals surface area contributed by atoms with Gasteiger partial charge in [-0.15, -0.1) is 47.1 Å². The lowest BCUT2D eigenvalue weighted by Crippen LogP contribution is -2.38. The van der Waals surface area contributed by atoms with Crippen LogP contribution in [-0.2, 0) is 6.42 Å². The van der Waals surface area contributed by atoms with Crippen LogP contribution in [0.25, 0.3) is 0 Å². The number of aliphatic imine (C=N–C) groups is 1. The number of hydrogen-bond donors (Lipinski definition) is 2. The monoisotopic (exact) mass is 490 g/mol.